The van der Waals surface area contributed by atoms with Crippen LogP contribution in [0.5, 0.6) is 0 Å². The maximum Gasteiger partial charge on any atom is 0.232 e. The number of nitriles is 2. The molecular formula is C8H6N4O2. The average molecular weight is 190 g/mol. The van der Waals surface area contributed by atoms with Crippen molar-refractivity contribution in [1.29, 1.82) is 10.5 Å². The van der Waals surface area contributed by atoms with E-state index in [2.05, 4.69) is 9.97 Å². The Morgan fingerprint density at radius 2 is 1.79 bits per heavy atom. The lowest BCUT2D eigenvalue weighted by Gasteiger charge is -2.10. The van der Waals surface area contributed by atoms with Crippen LogP contribution in [0.3, 0.4) is 0 Å². The van der Waals surface area contributed by atoms with Crippen molar-refractivity contribution in [2.75, 3.05) is 0 Å². The third-order valence-corrected chi connectivity index (χ3v) is 1.54. The van der Waals surface area contributed by atoms with Crippen molar-refractivity contribution < 1.29 is 10.2 Å². The fourth-order valence-corrected chi connectivity index (χ4v) is 0.801. The number of aromatic nitrogens is 2. The molecule has 2 atom stereocenters. The van der Waals surface area contributed by atoms with Gasteiger partial charge in [0, 0.05) is 18.0 Å². The van der Waals surface area contributed by atoms with Gasteiger partial charge in [-0.2, -0.15) is 10.5 Å². The molecule has 6 nitrogen and oxygen atoms in total. The van der Waals surface area contributed by atoms with Crippen LogP contribution in [0.1, 0.15) is 17.5 Å². The summed E-state index contributed by atoms with van der Waals surface area (Å²) < 4.78 is 0. The van der Waals surface area contributed by atoms with Crippen LogP contribution in [0.15, 0.2) is 12.4 Å². The third-order valence-electron chi connectivity index (χ3n) is 1.54. The Hall–Kier alpha value is -2.02. The minimum absolute atomic E-state index is 0.0348. The van der Waals surface area contributed by atoms with Gasteiger partial charge in [0.2, 0.25) is 5.82 Å². The molecule has 0 bridgehead atoms. The maximum absolute atomic E-state index is 9.32. The van der Waals surface area contributed by atoms with Crippen molar-refractivity contribution in [3.05, 3.63) is 23.8 Å². The highest BCUT2D eigenvalue weighted by Gasteiger charge is 2.18. The van der Waals surface area contributed by atoms with E-state index < -0.39 is 12.2 Å². The molecule has 0 saturated heterocycles. The van der Waals surface area contributed by atoms with Crippen LogP contribution in [-0.4, -0.2) is 26.3 Å². The molecule has 0 saturated carbocycles. The van der Waals surface area contributed by atoms with E-state index in [-0.39, 0.29) is 11.4 Å². The first-order valence-corrected chi connectivity index (χ1v) is 3.67. The standard InChI is InChI=1S/C8H6N4O2/c9-1-6(13)8(14)5-3-11-7(2-10)12-4-5/h3-4,6,8,13-14H. The van der Waals surface area contributed by atoms with Gasteiger partial charge in [-0.1, -0.05) is 0 Å². The van der Waals surface area contributed by atoms with Crippen LogP contribution in [0.4, 0.5) is 0 Å². The van der Waals surface area contributed by atoms with Crippen molar-refractivity contribution in [3.63, 3.8) is 0 Å². The molecule has 0 amide bonds. The zero-order chi connectivity index (χ0) is 10.6. The largest absolute Gasteiger partial charge is 0.384 e. The van der Waals surface area contributed by atoms with Gasteiger partial charge in [-0.25, -0.2) is 9.97 Å². The molecular weight excluding hydrogens is 184 g/mol. The summed E-state index contributed by atoms with van der Waals surface area (Å²) in [6.07, 6.45) is -0.493. The maximum atomic E-state index is 9.32. The van der Waals surface area contributed by atoms with Crippen molar-refractivity contribution in [1.82, 2.24) is 9.97 Å². The first-order chi connectivity index (χ1) is 6.69. The Kier molecular flexibility index (Phi) is 3.08. The lowest BCUT2D eigenvalue weighted by molar-refractivity contribution is 0.0523. The van der Waals surface area contributed by atoms with Gasteiger partial charge in [-0.15, -0.1) is 0 Å². The van der Waals surface area contributed by atoms with Gasteiger partial charge >= 0.3 is 0 Å². The molecule has 2 N–H and O–H groups in total. The minimum Gasteiger partial charge on any atom is -0.384 e. The van der Waals surface area contributed by atoms with Gasteiger partial charge in [0.15, 0.2) is 6.10 Å². The molecule has 2 unspecified atom stereocenters. The van der Waals surface area contributed by atoms with E-state index >= 15 is 0 Å². The SMILES string of the molecule is N#Cc1ncc(C(O)C(O)C#N)cn1. The van der Waals surface area contributed by atoms with Gasteiger partial charge in [0.05, 0.1) is 6.07 Å². The second kappa shape index (κ2) is 4.28. The molecule has 0 aliphatic rings. The van der Waals surface area contributed by atoms with E-state index in [9.17, 15) is 5.11 Å². The quantitative estimate of drug-likeness (QED) is 0.594. The second-order valence-electron chi connectivity index (χ2n) is 2.47. The topological polar surface area (TPSA) is 114 Å². The van der Waals surface area contributed by atoms with E-state index in [1.807, 2.05) is 0 Å². The molecule has 0 aliphatic heterocycles. The molecule has 6 heteroatoms. The first kappa shape index (κ1) is 10.1. The molecule has 14 heavy (non-hydrogen) atoms. The Morgan fingerprint density at radius 1 is 1.21 bits per heavy atom. The van der Waals surface area contributed by atoms with E-state index in [0.29, 0.717) is 0 Å². The highest BCUT2D eigenvalue weighted by molar-refractivity contribution is 5.17. The Morgan fingerprint density at radius 3 is 2.21 bits per heavy atom. The van der Waals surface area contributed by atoms with Gasteiger partial charge in [-0.3, -0.25) is 0 Å². The average Bonchev–Trinajstić information content (AvgIpc) is 2.27. The predicted molar refractivity (Wildman–Crippen MR) is 43.3 cm³/mol. The first-order valence-electron chi connectivity index (χ1n) is 3.67. The van der Waals surface area contributed by atoms with Gasteiger partial charge in [0.1, 0.15) is 12.2 Å². The minimum atomic E-state index is -1.52. The predicted octanol–water partition coefficient (Wildman–Crippen LogP) is -0.734. The van der Waals surface area contributed by atoms with Gasteiger partial charge in [0.25, 0.3) is 0 Å². The Balaban J connectivity index is 2.89. The van der Waals surface area contributed by atoms with Crippen molar-refractivity contribution >= 4 is 0 Å². The number of aliphatic hydroxyl groups is 2. The van der Waals surface area contributed by atoms with Crippen molar-refractivity contribution in [3.8, 4) is 12.1 Å². The number of hydrogen-bond donors (Lipinski definition) is 2. The molecule has 1 aromatic rings. The summed E-state index contributed by atoms with van der Waals surface area (Å²) in [4.78, 5) is 7.16. The van der Waals surface area contributed by atoms with E-state index in [0.717, 1.165) is 0 Å². The van der Waals surface area contributed by atoms with Crippen LogP contribution in [0.25, 0.3) is 0 Å². The molecule has 1 aromatic heterocycles. The van der Waals surface area contributed by atoms with Crippen LogP contribution >= 0.6 is 0 Å². The zero-order valence-electron chi connectivity index (χ0n) is 6.99. The van der Waals surface area contributed by atoms with Crippen LogP contribution in [0, 0.1) is 22.7 Å². The Labute approximate surface area is 79.7 Å². The molecule has 70 valence electrons. The fraction of sp³-hybridized carbons (Fsp3) is 0.250. The zero-order valence-corrected chi connectivity index (χ0v) is 6.99. The van der Waals surface area contributed by atoms with Crippen LogP contribution in [-0.2, 0) is 0 Å². The summed E-state index contributed by atoms with van der Waals surface area (Å²) in [7, 11) is 0. The number of rotatable bonds is 2. The summed E-state index contributed by atoms with van der Waals surface area (Å²) in [6, 6.07) is 3.18. The Bertz CT molecular complexity index is 389. The summed E-state index contributed by atoms with van der Waals surface area (Å²) in [5.41, 5.74) is 0.193. The van der Waals surface area contributed by atoms with Crippen LogP contribution in [0.2, 0.25) is 0 Å². The summed E-state index contributed by atoms with van der Waals surface area (Å²) >= 11 is 0. The third kappa shape index (κ3) is 2.02. The van der Waals surface area contributed by atoms with Crippen molar-refractivity contribution in [2.24, 2.45) is 0 Å². The fourth-order valence-electron chi connectivity index (χ4n) is 0.801. The van der Waals surface area contributed by atoms with Crippen molar-refractivity contribution in [2.45, 2.75) is 12.2 Å². The lowest BCUT2D eigenvalue weighted by atomic mass is 10.1. The van der Waals surface area contributed by atoms with Crippen LogP contribution < -0.4 is 0 Å². The molecule has 0 aromatic carbocycles. The lowest BCUT2D eigenvalue weighted by Crippen LogP contribution is -2.16. The summed E-state index contributed by atoms with van der Waals surface area (Å²) in [5.74, 6) is -0.0348. The molecule has 0 fully saturated rings. The van der Waals surface area contributed by atoms with E-state index in [4.69, 9.17) is 15.6 Å². The highest BCUT2D eigenvalue weighted by Crippen LogP contribution is 2.13. The van der Waals surface area contributed by atoms with Gasteiger partial charge in [-0.05, 0) is 0 Å². The number of nitrogens with zero attached hydrogens (tertiary/aromatic N) is 4. The molecule has 0 spiro atoms. The van der Waals surface area contributed by atoms with Gasteiger partial charge < -0.3 is 10.2 Å². The smallest absolute Gasteiger partial charge is 0.232 e. The molecule has 0 radical (unpaired) electrons. The number of aliphatic hydroxyl groups excluding tert-OH is 2. The summed E-state index contributed by atoms with van der Waals surface area (Å²) in [6.45, 7) is 0. The number of hydrogen-bond acceptors (Lipinski definition) is 6. The second-order valence-corrected chi connectivity index (χ2v) is 2.47. The van der Waals surface area contributed by atoms with E-state index in [1.54, 1.807) is 6.07 Å². The van der Waals surface area contributed by atoms with E-state index in [1.165, 1.54) is 18.5 Å². The monoisotopic (exact) mass is 190 g/mol. The normalized spacial score (nSPS) is 13.7. The molecule has 0 aliphatic carbocycles. The molecule has 1 heterocycles. The highest BCUT2D eigenvalue weighted by atomic mass is 16.3. The summed E-state index contributed by atoms with van der Waals surface area (Å²) in [5, 5.41) is 35.0. The molecule has 1 rings (SSSR count).